The Balaban J connectivity index is 2.54. The highest BCUT2D eigenvalue weighted by Crippen LogP contribution is 2.40. The molecule has 0 aromatic carbocycles. The number of rotatable bonds is 3. The fourth-order valence-corrected chi connectivity index (χ4v) is 3.94. The zero-order valence-corrected chi connectivity index (χ0v) is 18.1. The van der Waals surface area contributed by atoms with E-state index in [0.29, 0.717) is 5.57 Å². The van der Waals surface area contributed by atoms with Crippen molar-refractivity contribution in [2.45, 2.75) is 77.8 Å². The molecule has 0 aromatic rings. The molecule has 30 heavy (non-hydrogen) atoms. The molecule has 1 aliphatic heterocycles. The first-order chi connectivity index (χ1) is 13.9. The van der Waals surface area contributed by atoms with Gasteiger partial charge in [0.25, 0.3) is 0 Å². The van der Waals surface area contributed by atoms with E-state index >= 15 is 0 Å². The van der Waals surface area contributed by atoms with E-state index in [4.69, 9.17) is 14.2 Å². The monoisotopic (exact) mass is 422 g/mol. The first kappa shape index (κ1) is 23.8. The van der Waals surface area contributed by atoms with Gasteiger partial charge in [0.05, 0.1) is 12.0 Å². The fraction of sp³-hybridized carbons (Fsp3) is 0.636. The molecule has 166 valence electrons. The molecule has 1 heterocycles. The smallest absolute Gasteiger partial charge is 0.334 e. The zero-order valence-electron chi connectivity index (χ0n) is 18.1. The van der Waals surface area contributed by atoms with Crippen molar-refractivity contribution in [2.75, 3.05) is 0 Å². The molecular formula is C22H30O8. The van der Waals surface area contributed by atoms with Crippen LogP contribution in [0.4, 0.5) is 0 Å². The SMILES string of the molecule is C=C1C(=O)O[C@@H]2C[C@H](C)[C@H](O)CC(=O)[C@@](C)(OC(C)=O)C[C@H](OC(=O)/C(C)=C\C)[C@@H]12. The van der Waals surface area contributed by atoms with Gasteiger partial charge in [-0.25, -0.2) is 9.59 Å². The van der Waals surface area contributed by atoms with Crippen LogP contribution in [0.25, 0.3) is 0 Å². The zero-order chi connectivity index (χ0) is 22.8. The number of carbonyl (C=O) groups excluding carboxylic acids is 4. The molecule has 2 fully saturated rings. The summed E-state index contributed by atoms with van der Waals surface area (Å²) in [6.45, 7) is 11.4. The van der Waals surface area contributed by atoms with Crippen LogP contribution in [-0.2, 0) is 33.4 Å². The maximum Gasteiger partial charge on any atom is 0.334 e. The lowest BCUT2D eigenvalue weighted by Crippen LogP contribution is -2.49. The van der Waals surface area contributed by atoms with Crippen molar-refractivity contribution >= 4 is 23.7 Å². The Morgan fingerprint density at radius 1 is 1.30 bits per heavy atom. The average molecular weight is 422 g/mol. The number of ether oxygens (including phenoxy) is 3. The third kappa shape index (κ3) is 4.98. The van der Waals surface area contributed by atoms with Crippen molar-refractivity contribution < 1.29 is 38.5 Å². The van der Waals surface area contributed by atoms with Crippen LogP contribution in [0.2, 0.25) is 0 Å². The molecule has 0 aromatic heterocycles. The summed E-state index contributed by atoms with van der Waals surface area (Å²) in [6, 6.07) is 0. The van der Waals surface area contributed by atoms with E-state index in [9.17, 15) is 24.3 Å². The summed E-state index contributed by atoms with van der Waals surface area (Å²) in [5.74, 6) is -3.54. The van der Waals surface area contributed by atoms with Crippen molar-refractivity contribution in [1.29, 1.82) is 0 Å². The number of aliphatic hydroxyl groups is 1. The molecular weight excluding hydrogens is 392 g/mol. The van der Waals surface area contributed by atoms with Crippen LogP contribution >= 0.6 is 0 Å². The maximum atomic E-state index is 13.0. The van der Waals surface area contributed by atoms with Gasteiger partial charge in [0, 0.05) is 30.9 Å². The van der Waals surface area contributed by atoms with Crippen molar-refractivity contribution in [3.8, 4) is 0 Å². The summed E-state index contributed by atoms with van der Waals surface area (Å²) in [5.41, 5.74) is -1.19. The lowest BCUT2D eigenvalue weighted by molar-refractivity contribution is -0.174. The molecule has 2 rings (SSSR count). The van der Waals surface area contributed by atoms with Crippen LogP contribution in [0.5, 0.6) is 0 Å². The van der Waals surface area contributed by atoms with Gasteiger partial charge >= 0.3 is 17.9 Å². The van der Waals surface area contributed by atoms with Crippen LogP contribution < -0.4 is 0 Å². The molecule has 1 aliphatic carbocycles. The first-order valence-corrected chi connectivity index (χ1v) is 10.0. The number of carbonyl (C=O) groups is 4. The molecule has 6 atom stereocenters. The number of hydrogen-bond donors (Lipinski definition) is 1. The summed E-state index contributed by atoms with van der Waals surface area (Å²) >= 11 is 0. The summed E-state index contributed by atoms with van der Waals surface area (Å²) in [5, 5.41) is 10.5. The van der Waals surface area contributed by atoms with Crippen LogP contribution in [0.1, 0.15) is 53.9 Å². The lowest BCUT2D eigenvalue weighted by atomic mass is 9.76. The Kier molecular flexibility index (Phi) is 7.23. The summed E-state index contributed by atoms with van der Waals surface area (Å²) < 4.78 is 16.5. The summed E-state index contributed by atoms with van der Waals surface area (Å²) in [6.07, 6.45) is -1.27. The average Bonchev–Trinajstić information content (AvgIpc) is 2.92. The molecule has 1 saturated carbocycles. The van der Waals surface area contributed by atoms with Gasteiger partial charge < -0.3 is 19.3 Å². The highest BCUT2D eigenvalue weighted by molar-refractivity contribution is 5.92. The van der Waals surface area contributed by atoms with Gasteiger partial charge in [0.2, 0.25) is 0 Å². The summed E-state index contributed by atoms with van der Waals surface area (Å²) in [7, 11) is 0. The molecule has 2 aliphatic rings. The minimum absolute atomic E-state index is 0.121. The topological polar surface area (TPSA) is 116 Å². The van der Waals surface area contributed by atoms with Crippen molar-refractivity contribution in [2.24, 2.45) is 11.8 Å². The van der Waals surface area contributed by atoms with Gasteiger partial charge in [-0.15, -0.1) is 0 Å². The molecule has 0 unspecified atom stereocenters. The normalized spacial score (nSPS) is 35.3. The van der Waals surface area contributed by atoms with E-state index in [-0.39, 0.29) is 24.8 Å². The number of fused-ring (bicyclic) bond motifs is 1. The maximum absolute atomic E-state index is 13.0. The van der Waals surface area contributed by atoms with Crippen LogP contribution in [0.15, 0.2) is 23.8 Å². The number of ketones is 1. The van der Waals surface area contributed by atoms with Gasteiger partial charge in [-0.3, -0.25) is 9.59 Å². The third-order valence-corrected chi connectivity index (χ3v) is 5.94. The second-order valence-electron chi connectivity index (χ2n) is 8.35. The van der Waals surface area contributed by atoms with Crippen LogP contribution in [0.3, 0.4) is 0 Å². The van der Waals surface area contributed by atoms with E-state index < -0.39 is 59.4 Å². The number of allylic oxidation sites excluding steroid dienone is 1. The van der Waals surface area contributed by atoms with Gasteiger partial charge in [-0.1, -0.05) is 19.6 Å². The molecule has 0 radical (unpaired) electrons. The van der Waals surface area contributed by atoms with Crippen LogP contribution in [-0.4, -0.2) is 52.7 Å². The lowest BCUT2D eigenvalue weighted by Gasteiger charge is -2.37. The Labute approximate surface area is 176 Å². The molecule has 8 nitrogen and oxygen atoms in total. The van der Waals surface area contributed by atoms with Crippen molar-refractivity contribution in [3.63, 3.8) is 0 Å². The quantitative estimate of drug-likeness (QED) is 0.417. The molecule has 8 heteroatoms. The Hall–Kier alpha value is -2.48. The molecule has 1 saturated heterocycles. The Morgan fingerprint density at radius 3 is 2.50 bits per heavy atom. The van der Waals surface area contributed by atoms with Gasteiger partial charge in [-0.05, 0) is 33.1 Å². The van der Waals surface area contributed by atoms with Gasteiger partial charge in [0.15, 0.2) is 11.4 Å². The number of aliphatic hydroxyl groups excluding tert-OH is 1. The Bertz CT molecular complexity index is 782. The van der Waals surface area contributed by atoms with E-state index in [1.807, 2.05) is 0 Å². The highest BCUT2D eigenvalue weighted by atomic mass is 16.6. The van der Waals surface area contributed by atoms with Crippen LogP contribution in [0, 0.1) is 11.8 Å². The van der Waals surface area contributed by atoms with Crippen molar-refractivity contribution in [3.05, 3.63) is 23.8 Å². The molecule has 1 N–H and O–H groups in total. The standard InChI is InChI=1S/C22H30O8/c1-7-11(2)20(26)29-17-10-22(6,30-14(5)23)18(25)9-15(24)12(3)8-16-19(17)13(4)21(27)28-16/h7,12,15-17,19,24H,4,8-10H2,1-3,5-6H3/b11-7-/t12-,15+,16+,17-,19-,22-/m0/s1. The number of hydrogen-bond acceptors (Lipinski definition) is 8. The molecule has 0 spiro atoms. The summed E-state index contributed by atoms with van der Waals surface area (Å²) in [4.78, 5) is 49.5. The van der Waals surface area contributed by atoms with E-state index in [0.717, 1.165) is 0 Å². The fourth-order valence-electron chi connectivity index (χ4n) is 3.94. The molecule has 0 amide bonds. The first-order valence-electron chi connectivity index (χ1n) is 10.0. The minimum atomic E-state index is -1.66. The second kappa shape index (κ2) is 9.12. The Morgan fingerprint density at radius 2 is 1.93 bits per heavy atom. The largest absolute Gasteiger partial charge is 0.458 e. The third-order valence-electron chi connectivity index (χ3n) is 5.94. The predicted octanol–water partition coefficient (Wildman–Crippen LogP) is 2.03. The highest BCUT2D eigenvalue weighted by Gasteiger charge is 2.51. The van der Waals surface area contributed by atoms with Gasteiger partial charge in [-0.2, -0.15) is 0 Å². The van der Waals surface area contributed by atoms with Crippen molar-refractivity contribution in [1.82, 2.24) is 0 Å². The predicted molar refractivity (Wildman–Crippen MR) is 106 cm³/mol. The number of Topliss-reactive ketones (excluding diaryl/α,β-unsaturated/α-hetero) is 1. The minimum Gasteiger partial charge on any atom is -0.458 e. The van der Waals surface area contributed by atoms with Gasteiger partial charge in [0.1, 0.15) is 12.2 Å². The second-order valence-corrected chi connectivity index (χ2v) is 8.35. The van der Waals surface area contributed by atoms with E-state index in [1.165, 1.54) is 13.8 Å². The van der Waals surface area contributed by atoms with E-state index in [2.05, 4.69) is 6.58 Å². The molecule has 0 bridgehead atoms. The van der Waals surface area contributed by atoms with E-state index in [1.54, 1.807) is 26.8 Å². The number of esters is 3.